The average Bonchev–Trinajstić information content (AvgIpc) is 2.11. The standard InChI is InChI=1S/C13H19N3O2/c1-13(2,3)5-10-4-11(15-8-14-10)16-6-9(7-16)12(17)18/h4,8-9H,5-7H2,1-3H3,(H,17,18). The second-order valence-electron chi connectivity index (χ2n) is 6.05. The predicted molar refractivity (Wildman–Crippen MR) is 68.5 cm³/mol. The van der Waals surface area contributed by atoms with Gasteiger partial charge in [-0.15, -0.1) is 0 Å². The van der Waals surface area contributed by atoms with E-state index in [9.17, 15) is 4.79 Å². The molecular weight excluding hydrogens is 230 g/mol. The second kappa shape index (κ2) is 4.55. The van der Waals surface area contributed by atoms with Gasteiger partial charge in [0.05, 0.1) is 5.92 Å². The molecule has 0 bridgehead atoms. The minimum atomic E-state index is -0.727. The highest BCUT2D eigenvalue weighted by molar-refractivity contribution is 5.74. The molecule has 5 heteroatoms. The quantitative estimate of drug-likeness (QED) is 0.881. The molecule has 1 saturated heterocycles. The van der Waals surface area contributed by atoms with Crippen molar-refractivity contribution in [3.8, 4) is 0 Å². The molecule has 5 nitrogen and oxygen atoms in total. The maximum Gasteiger partial charge on any atom is 0.310 e. The fourth-order valence-corrected chi connectivity index (χ4v) is 2.02. The van der Waals surface area contributed by atoms with Crippen LogP contribution in [0.5, 0.6) is 0 Å². The molecule has 1 aromatic heterocycles. The summed E-state index contributed by atoms with van der Waals surface area (Å²) in [7, 11) is 0. The molecule has 0 aliphatic carbocycles. The first kappa shape index (κ1) is 12.8. The predicted octanol–water partition coefficient (Wildman–Crippen LogP) is 1.59. The third-order valence-corrected chi connectivity index (χ3v) is 2.98. The van der Waals surface area contributed by atoms with Gasteiger partial charge >= 0.3 is 5.97 Å². The highest BCUT2D eigenvalue weighted by atomic mass is 16.4. The Morgan fingerprint density at radius 2 is 2.11 bits per heavy atom. The Hall–Kier alpha value is -1.65. The molecule has 0 radical (unpaired) electrons. The fraction of sp³-hybridized carbons (Fsp3) is 0.615. The molecule has 0 spiro atoms. The average molecular weight is 249 g/mol. The van der Waals surface area contributed by atoms with Crippen LogP contribution >= 0.6 is 0 Å². The number of aliphatic carboxylic acids is 1. The molecule has 1 fully saturated rings. The summed E-state index contributed by atoms with van der Waals surface area (Å²) in [5.74, 6) is -0.150. The molecule has 1 aliphatic rings. The molecule has 1 aliphatic heterocycles. The zero-order valence-corrected chi connectivity index (χ0v) is 11.1. The van der Waals surface area contributed by atoms with Crippen LogP contribution in [-0.4, -0.2) is 34.1 Å². The van der Waals surface area contributed by atoms with Crippen LogP contribution in [0.3, 0.4) is 0 Å². The van der Waals surface area contributed by atoms with Crippen molar-refractivity contribution in [1.29, 1.82) is 0 Å². The summed E-state index contributed by atoms with van der Waals surface area (Å²) in [5, 5.41) is 8.85. The Balaban J connectivity index is 2.03. The van der Waals surface area contributed by atoms with Gasteiger partial charge in [-0.25, -0.2) is 9.97 Å². The lowest BCUT2D eigenvalue weighted by Gasteiger charge is -2.37. The SMILES string of the molecule is CC(C)(C)Cc1cc(N2CC(C(=O)O)C2)ncn1. The van der Waals surface area contributed by atoms with Crippen molar-refractivity contribution in [2.75, 3.05) is 18.0 Å². The number of hydrogen-bond acceptors (Lipinski definition) is 4. The summed E-state index contributed by atoms with van der Waals surface area (Å²) in [6, 6.07) is 1.96. The van der Waals surface area contributed by atoms with Gasteiger partial charge in [-0.05, 0) is 11.8 Å². The Bertz CT molecular complexity index is 448. The fourth-order valence-electron chi connectivity index (χ4n) is 2.02. The summed E-state index contributed by atoms with van der Waals surface area (Å²) < 4.78 is 0. The lowest BCUT2D eigenvalue weighted by Crippen LogP contribution is -2.50. The van der Waals surface area contributed by atoms with Gasteiger partial charge in [0.1, 0.15) is 12.1 Å². The molecule has 2 rings (SSSR count). The van der Waals surface area contributed by atoms with E-state index in [1.807, 2.05) is 11.0 Å². The van der Waals surface area contributed by atoms with Gasteiger partial charge in [0.25, 0.3) is 0 Å². The lowest BCUT2D eigenvalue weighted by molar-refractivity contribution is -0.142. The molecule has 0 unspecified atom stereocenters. The van der Waals surface area contributed by atoms with Crippen LogP contribution in [-0.2, 0) is 11.2 Å². The van der Waals surface area contributed by atoms with Crippen molar-refractivity contribution < 1.29 is 9.90 Å². The number of rotatable bonds is 3. The summed E-state index contributed by atoms with van der Waals surface area (Å²) >= 11 is 0. The Morgan fingerprint density at radius 1 is 1.44 bits per heavy atom. The number of carboxylic acids is 1. The zero-order chi connectivity index (χ0) is 13.3. The minimum Gasteiger partial charge on any atom is -0.481 e. The monoisotopic (exact) mass is 249 g/mol. The van der Waals surface area contributed by atoms with Gasteiger partial charge in [-0.2, -0.15) is 0 Å². The van der Waals surface area contributed by atoms with Crippen LogP contribution in [0.15, 0.2) is 12.4 Å². The van der Waals surface area contributed by atoms with Crippen molar-refractivity contribution in [2.45, 2.75) is 27.2 Å². The van der Waals surface area contributed by atoms with E-state index in [4.69, 9.17) is 5.11 Å². The van der Waals surface area contributed by atoms with E-state index >= 15 is 0 Å². The summed E-state index contributed by atoms with van der Waals surface area (Å²) in [6.45, 7) is 7.58. The molecule has 0 aromatic carbocycles. The van der Waals surface area contributed by atoms with Crippen LogP contribution in [0.25, 0.3) is 0 Å². The molecule has 0 atom stereocenters. The van der Waals surface area contributed by atoms with Crippen LogP contribution in [0.4, 0.5) is 5.82 Å². The van der Waals surface area contributed by atoms with E-state index in [-0.39, 0.29) is 11.3 Å². The van der Waals surface area contributed by atoms with Crippen LogP contribution in [0.1, 0.15) is 26.5 Å². The summed E-state index contributed by atoms with van der Waals surface area (Å²) in [5.41, 5.74) is 1.19. The molecule has 18 heavy (non-hydrogen) atoms. The van der Waals surface area contributed by atoms with Gasteiger partial charge < -0.3 is 10.0 Å². The highest BCUT2D eigenvalue weighted by Crippen LogP contribution is 2.25. The van der Waals surface area contributed by atoms with Crippen LogP contribution in [0, 0.1) is 11.3 Å². The van der Waals surface area contributed by atoms with E-state index in [1.54, 1.807) is 6.33 Å². The van der Waals surface area contributed by atoms with Crippen molar-refractivity contribution in [1.82, 2.24) is 9.97 Å². The Morgan fingerprint density at radius 3 is 2.67 bits per heavy atom. The van der Waals surface area contributed by atoms with Crippen molar-refractivity contribution in [3.63, 3.8) is 0 Å². The smallest absolute Gasteiger partial charge is 0.310 e. The minimum absolute atomic E-state index is 0.185. The van der Waals surface area contributed by atoms with E-state index in [1.165, 1.54) is 0 Å². The number of nitrogens with zero attached hydrogens (tertiary/aromatic N) is 3. The van der Waals surface area contributed by atoms with Crippen LogP contribution in [0.2, 0.25) is 0 Å². The van der Waals surface area contributed by atoms with E-state index in [0.29, 0.717) is 13.1 Å². The molecule has 2 heterocycles. The van der Waals surface area contributed by atoms with Gasteiger partial charge in [-0.3, -0.25) is 4.79 Å². The highest BCUT2D eigenvalue weighted by Gasteiger charge is 2.33. The zero-order valence-electron chi connectivity index (χ0n) is 11.1. The van der Waals surface area contributed by atoms with Gasteiger partial charge in [0.2, 0.25) is 0 Å². The molecule has 98 valence electrons. The van der Waals surface area contributed by atoms with Crippen molar-refractivity contribution >= 4 is 11.8 Å². The molecule has 1 aromatic rings. The largest absolute Gasteiger partial charge is 0.481 e. The van der Waals surface area contributed by atoms with Gasteiger partial charge in [0.15, 0.2) is 0 Å². The number of hydrogen-bond donors (Lipinski definition) is 1. The normalized spacial score (nSPS) is 16.5. The van der Waals surface area contributed by atoms with Crippen molar-refractivity contribution in [3.05, 3.63) is 18.1 Å². The Kier molecular flexibility index (Phi) is 3.24. The van der Waals surface area contributed by atoms with E-state index in [0.717, 1.165) is 17.9 Å². The maximum atomic E-state index is 10.8. The molecular formula is C13H19N3O2. The number of carbonyl (C=O) groups is 1. The van der Waals surface area contributed by atoms with Gasteiger partial charge in [0, 0.05) is 24.8 Å². The third-order valence-electron chi connectivity index (χ3n) is 2.98. The maximum absolute atomic E-state index is 10.8. The number of aromatic nitrogens is 2. The first-order chi connectivity index (χ1) is 8.35. The first-order valence-corrected chi connectivity index (χ1v) is 6.14. The summed E-state index contributed by atoms with van der Waals surface area (Å²) in [6.07, 6.45) is 2.45. The molecule has 1 N–H and O–H groups in total. The first-order valence-electron chi connectivity index (χ1n) is 6.14. The number of carboxylic acid groups (broad SMARTS) is 1. The van der Waals surface area contributed by atoms with Gasteiger partial charge in [-0.1, -0.05) is 20.8 Å². The third kappa shape index (κ3) is 2.97. The Labute approximate surface area is 107 Å². The lowest BCUT2D eigenvalue weighted by atomic mass is 9.90. The molecule has 0 amide bonds. The van der Waals surface area contributed by atoms with Crippen molar-refractivity contribution in [2.24, 2.45) is 11.3 Å². The van der Waals surface area contributed by atoms with E-state index in [2.05, 4.69) is 30.7 Å². The topological polar surface area (TPSA) is 66.3 Å². The van der Waals surface area contributed by atoms with Crippen LogP contribution < -0.4 is 4.90 Å². The molecule has 0 saturated carbocycles. The van der Waals surface area contributed by atoms with E-state index < -0.39 is 5.97 Å². The number of anilines is 1. The second-order valence-corrected chi connectivity index (χ2v) is 6.05. The summed E-state index contributed by atoms with van der Waals surface area (Å²) in [4.78, 5) is 21.2.